The standard InChI is InChI=1S/C21H28BrNOSi/c1-21(2,3)25(19-10-6-4-7-11-19,20-12-8-5-9-13-20)24-18-16-23(17-18)15-14-22/h4-13,18H,14-17H2,1-3H3. The lowest BCUT2D eigenvalue weighted by molar-refractivity contribution is 0.0180. The van der Waals surface area contributed by atoms with Gasteiger partial charge < -0.3 is 4.43 Å². The van der Waals surface area contributed by atoms with Crippen LogP contribution in [0, 0.1) is 0 Å². The van der Waals surface area contributed by atoms with E-state index in [1.165, 1.54) is 10.4 Å². The van der Waals surface area contributed by atoms with Gasteiger partial charge in [-0.25, -0.2) is 0 Å². The first-order chi connectivity index (χ1) is 12.0. The second kappa shape index (κ2) is 7.75. The minimum atomic E-state index is -2.37. The summed E-state index contributed by atoms with van der Waals surface area (Å²) in [6.07, 6.45) is 0.324. The third kappa shape index (κ3) is 3.77. The molecule has 3 rings (SSSR count). The van der Waals surface area contributed by atoms with E-state index in [0.717, 1.165) is 25.0 Å². The second-order valence-corrected chi connectivity index (χ2v) is 12.9. The Labute approximate surface area is 161 Å². The van der Waals surface area contributed by atoms with Crippen molar-refractivity contribution < 1.29 is 4.43 Å². The fraction of sp³-hybridized carbons (Fsp3) is 0.429. The summed E-state index contributed by atoms with van der Waals surface area (Å²) in [5.41, 5.74) is 0. The van der Waals surface area contributed by atoms with Gasteiger partial charge in [0.05, 0.1) is 6.10 Å². The highest BCUT2D eigenvalue weighted by Crippen LogP contribution is 2.38. The summed E-state index contributed by atoms with van der Waals surface area (Å²) >= 11 is 3.54. The van der Waals surface area contributed by atoms with Gasteiger partial charge in [0.2, 0.25) is 0 Å². The molecule has 0 unspecified atom stereocenters. The Morgan fingerprint density at radius 3 is 1.84 bits per heavy atom. The van der Waals surface area contributed by atoms with Crippen molar-refractivity contribution in [2.45, 2.75) is 31.9 Å². The highest BCUT2D eigenvalue weighted by Gasteiger charge is 2.52. The molecule has 0 atom stereocenters. The average Bonchev–Trinajstić information content (AvgIpc) is 2.57. The summed E-state index contributed by atoms with van der Waals surface area (Å²) < 4.78 is 7.07. The molecule has 0 aromatic heterocycles. The van der Waals surface area contributed by atoms with Gasteiger partial charge in [-0.05, 0) is 15.4 Å². The number of halogens is 1. The van der Waals surface area contributed by atoms with Gasteiger partial charge in [0.1, 0.15) is 0 Å². The number of likely N-dealkylation sites (tertiary alicyclic amines) is 1. The van der Waals surface area contributed by atoms with Crippen molar-refractivity contribution in [1.82, 2.24) is 4.90 Å². The fourth-order valence-electron chi connectivity index (χ4n) is 3.84. The lowest BCUT2D eigenvalue weighted by Gasteiger charge is -2.49. The Hall–Kier alpha value is -0.943. The summed E-state index contributed by atoms with van der Waals surface area (Å²) in [5.74, 6) is 0. The van der Waals surface area contributed by atoms with E-state index in [4.69, 9.17) is 4.43 Å². The van der Waals surface area contributed by atoms with Crippen LogP contribution >= 0.6 is 15.9 Å². The molecule has 134 valence electrons. The van der Waals surface area contributed by atoms with E-state index in [2.05, 4.69) is 102 Å². The van der Waals surface area contributed by atoms with Crippen LogP contribution in [0.4, 0.5) is 0 Å². The molecule has 2 aromatic carbocycles. The van der Waals surface area contributed by atoms with Crippen molar-refractivity contribution >= 4 is 34.6 Å². The van der Waals surface area contributed by atoms with Crippen molar-refractivity contribution in [2.24, 2.45) is 0 Å². The summed E-state index contributed by atoms with van der Waals surface area (Å²) in [4.78, 5) is 2.46. The highest BCUT2D eigenvalue weighted by atomic mass is 79.9. The Kier molecular flexibility index (Phi) is 5.84. The molecule has 4 heteroatoms. The van der Waals surface area contributed by atoms with Gasteiger partial charge >= 0.3 is 0 Å². The number of rotatable bonds is 6. The van der Waals surface area contributed by atoms with Crippen LogP contribution in [0.15, 0.2) is 60.7 Å². The van der Waals surface area contributed by atoms with E-state index in [1.54, 1.807) is 0 Å². The van der Waals surface area contributed by atoms with Crippen molar-refractivity contribution in [2.75, 3.05) is 25.0 Å². The highest BCUT2D eigenvalue weighted by molar-refractivity contribution is 9.09. The van der Waals surface area contributed by atoms with Gasteiger partial charge in [0.15, 0.2) is 0 Å². The van der Waals surface area contributed by atoms with E-state index < -0.39 is 8.32 Å². The predicted molar refractivity (Wildman–Crippen MR) is 113 cm³/mol. The Morgan fingerprint density at radius 1 is 0.960 bits per heavy atom. The SMILES string of the molecule is CC(C)(C)[Si](OC1CN(CCBr)C1)(c1ccccc1)c1ccccc1. The van der Waals surface area contributed by atoms with Crippen molar-refractivity contribution in [1.29, 1.82) is 0 Å². The van der Waals surface area contributed by atoms with E-state index in [-0.39, 0.29) is 5.04 Å². The number of benzene rings is 2. The Bertz CT molecular complexity index is 626. The normalized spacial score (nSPS) is 16.6. The molecule has 2 nitrogen and oxygen atoms in total. The molecule has 1 aliphatic heterocycles. The zero-order valence-corrected chi connectivity index (χ0v) is 18.0. The third-order valence-corrected chi connectivity index (χ3v) is 10.5. The summed E-state index contributed by atoms with van der Waals surface area (Å²) in [6.45, 7) is 10.2. The molecular weight excluding hydrogens is 390 g/mol. The van der Waals surface area contributed by atoms with Crippen LogP contribution in [-0.4, -0.2) is 44.3 Å². The van der Waals surface area contributed by atoms with Crippen LogP contribution in [0.2, 0.25) is 5.04 Å². The number of hydrogen-bond acceptors (Lipinski definition) is 2. The molecule has 0 amide bonds. The Balaban J connectivity index is 2.01. The van der Waals surface area contributed by atoms with Gasteiger partial charge in [-0.3, -0.25) is 4.90 Å². The van der Waals surface area contributed by atoms with Gasteiger partial charge in [-0.2, -0.15) is 0 Å². The molecule has 0 bridgehead atoms. The van der Waals surface area contributed by atoms with E-state index >= 15 is 0 Å². The third-order valence-electron chi connectivity index (χ3n) is 5.08. The zero-order chi connectivity index (χ0) is 17.9. The molecule has 0 saturated carbocycles. The van der Waals surface area contributed by atoms with E-state index in [1.807, 2.05) is 0 Å². The van der Waals surface area contributed by atoms with Gasteiger partial charge in [0, 0.05) is 25.0 Å². The van der Waals surface area contributed by atoms with Crippen LogP contribution in [0.1, 0.15) is 20.8 Å². The lowest BCUT2D eigenvalue weighted by atomic mass is 10.2. The first-order valence-corrected chi connectivity index (χ1v) is 12.1. The minimum absolute atomic E-state index is 0.0611. The summed E-state index contributed by atoms with van der Waals surface area (Å²) in [7, 11) is -2.37. The fourth-order valence-corrected chi connectivity index (χ4v) is 9.01. The maximum atomic E-state index is 7.07. The maximum absolute atomic E-state index is 7.07. The predicted octanol–water partition coefficient (Wildman–Crippen LogP) is 3.64. The van der Waals surface area contributed by atoms with Gasteiger partial charge in [-0.15, -0.1) is 0 Å². The first-order valence-electron chi connectivity index (χ1n) is 9.04. The van der Waals surface area contributed by atoms with Crippen LogP contribution in [0.25, 0.3) is 0 Å². The quantitative estimate of drug-likeness (QED) is 0.525. The first kappa shape index (κ1) is 18.8. The molecule has 0 radical (unpaired) electrons. The molecule has 0 N–H and O–H groups in total. The smallest absolute Gasteiger partial charge is 0.261 e. The van der Waals surface area contributed by atoms with Crippen LogP contribution < -0.4 is 10.4 Å². The topological polar surface area (TPSA) is 12.5 Å². The molecule has 0 spiro atoms. The molecule has 0 aliphatic carbocycles. The average molecular weight is 418 g/mol. The van der Waals surface area contributed by atoms with Gasteiger partial charge in [-0.1, -0.05) is 97.4 Å². The van der Waals surface area contributed by atoms with Gasteiger partial charge in [0.25, 0.3) is 8.32 Å². The molecule has 1 saturated heterocycles. The molecule has 2 aromatic rings. The molecule has 1 aliphatic rings. The van der Waals surface area contributed by atoms with E-state index in [9.17, 15) is 0 Å². The second-order valence-electron chi connectivity index (χ2n) is 7.85. The van der Waals surface area contributed by atoms with Crippen LogP contribution in [0.5, 0.6) is 0 Å². The molecule has 1 heterocycles. The lowest BCUT2D eigenvalue weighted by Crippen LogP contribution is -2.70. The summed E-state index contributed by atoms with van der Waals surface area (Å²) in [6, 6.07) is 21.8. The van der Waals surface area contributed by atoms with Crippen molar-refractivity contribution in [3.8, 4) is 0 Å². The molecule has 1 fully saturated rings. The number of alkyl halides is 1. The van der Waals surface area contributed by atoms with Crippen molar-refractivity contribution in [3.05, 3.63) is 60.7 Å². The van der Waals surface area contributed by atoms with E-state index in [0.29, 0.717) is 6.10 Å². The largest absolute Gasteiger partial charge is 0.402 e. The minimum Gasteiger partial charge on any atom is -0.402 e. The van der Waals surface area contributed by atoms with Crippen molar-refractivity contribution in [3.63, 3.8) is 0 Å². The monoisotopic (exact) mass is 417 g/mol. The zero-order valence-electron chi connectivity index (χ0n) is 15.4. The molecular formula is C21H28BrNOSi. The summed E-state index contributed by atoms with van der Waals surface area (Å²) in [5, 5.41) is 3.82. The molecule has 25 heavy (non-hydrogen) atoms. The number of nitrogens with zero attached hydrogens (tertiary/aromatic N) is 1. The maximum Gasteiger partial charge on any atom is 0.261 e. The van der Waals surface area contributed by atoms with Crippen LogP contribution in [-0.2, 0) is 4.43 Å². The Morgan fingerprint density at radius 2 is 1.44 bits per heavy atom. The van der Waals surface area contributed by atoms with Crippen LogP contribution in [0.3, 0.4) is 0 Å². The number of hydrogen-bond donors (Lipinski definition) is 0.